The molecule has 2 aromatic heterocycles. The van der Waals surface area contributed by atoms with Crippen molar-refractivity contribution in [1.29, 1.82) is 0 Å². The van der Waals surface area contributed by atoms with Crippen molar-refractivity contribution in [1.82, 2.24) is 14.4 Å². The first-order valence-electron chi connectivity index (χ1n) is 6.16. The van der Waals surface area contributed by atoms with Gasteiger partial charge in [0.25, 0.3) is 0 Å². The minimum atomic E-state index is 0.473. The van der Waals surface area contributed by atoms with E-state index in [0.29, 0.717) is 6.54 Å². The van der Waals surface area contributed by atoms with E-state index in [4.69, 9.17) is 5.73 Å². The van der Waals surface area contributed by atoms with Crippen molar-refractivity contribution in [3.8, 4) is 0 Å². The van der Waals surface area contributed by atoms with Crippen molar-refractivity contribution in [2.24, 2.45) is 5.73 Å². The lowest BCUT2D eigenvalue weighted by Crippen LogP contribution is -2.30. The molecule has 0 bridgehead atoms. The molecule has 2 N–H and O–H groups in total. The topological polar surface area (TPSA) is 59.5 Å². The van der Waals surface area contributed by atoms with Crippen LogP contribution in [0.3, 0.4) is 0 Å². The van der Waals surface area contributed by atoms with Crippen molar-refractivity contribution in [3.05, 3.63) is 24.3 Å². The number of imidazole rings is 1. The Morgan fingerprint density at radius 1 is 1.24 bits per heavy atom. The third-order valence-electron chi connectivity index (χ3n) is 3.27. The third kappa shape index (κ3) is 1.86. The van der Waals surface area contributed by atoms with E-state index in [1.165, 1.54) is 19.3 Å². The number of hydrogen-bond acceptors (Lipinski definition) is 4. The second-order valence-electron chi connectivity index (χ2n) is 4.47. The van der Waals surface area contributed by atoms with Crippen LogP contribution in [0.4, 0.5) is 5.82 Å². The van der Waals surface area contributed by atoms with Crippen molar-refractivity contribution < 1.29 is 0 Å². The average molecular weight is 231 g/mol. The number of piperidine rings is 1. The van der Waals surface area contributed by atoms with Gasteiger partial charge in [-0.3, -0.25) is 0 Å². The SMILES string of the molecule is NCc1cn2ccnc(N3CCCCC3)c2n1. The van der Waals surface area contributed by atoms with E-state index < -0.39 is 0 Å². The normalized spacial score (nSPS) is 16.6. The van der Waals surface area contributed by atoms with Crippen LogP contribution in [0.2, 0.25) is 0 Å². The van der Waals surface area contributed by atoms with Gasteiger partial charge in [0.05, 0.1) is 5.69 Å². The van der Waals surface area contributed by atoms with Crippen molar-refractivity contribution in [2.45, 2.75) is 25.8 Å². The first kappa shape index (κ1) is 10.5. The van der Waals surface area contributed by atoms with Crippen LogP contribution in [0.5, 0.6) is 0 Å². The predicted molar refractivity (Wildman–Crippen MR) is 66.9 cm³/mol. The first-order chi connectivity index (χ1) is 8.38. The molecule has 17 heavy (non-hydrogen) atoms. The van der Waals surface area contributed by atoms with Crippen LogP contribution < -0.4 is 10.6 Å². The van der Waals surface area contributed by atoms with E-state index in [-0.39, 0.29) is 0 Å². The van der Waals surface area contributed by atoms with Crippen LogP contribution in [0, 0.1) is 0 Å². The maximum absolute atomic E-state index is 5.63. The molecule has 0 amide bonds. The number of rotatable bonds is 2. The highest BCUT2D eigenvalue weighted by atomic mass is 15.2. The number of nitrogens with zero attached hydrogens (tertiary/aromatic N) is 4. The summed E-state index contributed by atoms with van der Waals surface area (Å²) in [6.45, 7) is 2.64. The van der Waals surface area contributed by atoms with Crippen LogP contribution in [-0.4, -0.2) is 27.5 Å². The summed E-state index contributed by atoms with van der Waals surface area (Å²) >= 11 is 0. The van der Waals surface area contributed by atoms with Gasteiger partial charge in [0.15, 0.2) is 11.5 Å². The van der Waals surface area contributed by atoms with Crippen molar-refractivity contribution in [2.75, 3.05) is 18.0 Å². The lowest BCUT2D eigenvalue weighted by molar-refractivity contribution is 0.574. The molecular weight excluding hydrogens is 214 g/mol. The van der Waals surface area contributed by atoms with E-state index in [1.807, 2.05) is 23.0 Å². The summed E-state index contributed by atoms with van der Waals surface area (Å²) in [6, 6.07) is 0. The molecule has 0 atom stereocenters. The number of nitrogens with two attached hydrogens (primary N) is 1. The Hall–Kier alpha value is -1.62. The summed E-state index contributed by atoms with van der Waals surface area (Å²) in [6.07, 6.45) is 9.54. The fourth-order valence-electron chi connectivity index (χ4n) is 2.38. The Labute approximate surface area is 100 Å². The van der Waals surface area contributed by atoms with Gasteiger partial charge in [-0.05, 0) is 19.3 Å². The number of fused-ring (bicyclic) bond motifs is 1. The molecule has 1 saturated heterocycles. The summed E-state index contributed by atoms with van der Waals surface area (Å²) < 4.78 is 2.01. The van der Waals surface area contributed by atoms with Crippen molar-refractivity contribution in [3.63, 3.8) is 0 Å². The van der Waals surface area contributed by atoms with Gasteiger partial charge in [-0.1, -0.05) is 0 Å². The molecule has 3 heterocycles. The Morgan fingerprint density at radius 2 is 2.06 bits per heavy atom. The van der Waals surface area contributed by atoms with Gasteiger partial charge < -0.3 is 15.0 Å². The Kier molecular flexibility index (Phi) is 2.68. The largest absolute Gasteiger partial charge is 0.354 e. The minimum absolute atomic E-state index is 0.473. The van der Waals surface area contributed by atoms with E-state index >= 15 is 0 Å². The fourth-order valence-corrected chi connectivity index (χ4v) is 2.38. The number of aromatic nitrogens is 3. The predicted octanol–water partition coefficient (Wildman–Crippen LogP) is 1.18. The molecular formula is C12H17N5. The molecule has 0 unspecified atom stereocenters. The van der Waals surface area contributed by atoms with E-state index in [0.717, 1.165) is 30.2 Å². The quantitative estimate of drug-likeness (QED) is 0.843. The highest BCUT2D eigenvalue weighted by molar-refractivity contribution is 5.64. The number of anilines is 1. The molecule has 1 fully saturated rings. The van der Waals surface area contributed by atoms with Gasteiger partial charge >= 0.3 is 0 Å². The van der Waals surface area contributed by atoms with Crippen LogP contribution in [-0.2, 0) is 6.54 Å². The molecule has 0 radical (unpaired) electrons. The summed E-state index contributed by atoms with van der Waals surface area (Å²) in [4.78, 5) is 11.3. The summed E-state index contributed by atoms with van der Waals surface area (Å²) in [5.41, 5.74) is 7.47. The van der Waals surface area contributed by atoms with Gasteiger partial charge in [0.2, 0.25) is 0 Å². The molecule has 0 saturated carbocycles. The Morgan fingerprint density at radius 3 is 2.82 bits per heavy atom. The lowest BCUT2D eigenvalue weighted by Gasteiger charge is -2.27. The number of hydrogen-bond donors (Lipinski definition) is 1. The fraction of sp³-hybridized carbons (Fsp3) is 0.500. The molecule has 1 aliphatic heterocycles. The van der Waals surface area contributed by atoms with E-state index in [1.54, 1.807) is 0 Å². The molecule has 0 aromatic carbocycles. The molecule has 0 aliphatic carbocycles. The highest BCUT2D eigenvalue weighted by Crippen LogP contribution is 2.21. The van der Waals surface area contributed by atoms with Crippen LogP contribution >= 0.6 is 0 Å². The molecule has 3 rings (SSSR count). The smallest absolute Gasteiger partial charge is 0.180 e. The zero-order chi connectivity index (χ0) is 11.7. The first-order valence-corrected chi connectivity index (χ1v) is 6.16. The Bertz CT molecular complexity index is 513. The van der Waals surface area contributed by atoms with Gasteiger partial charge in [-0.25, -0.2) is 9.97 Å². The molecule has 5 nitrogen and oxygen atoms in total. The van der Waals surface area contributed by atoms with Crippen LogP contribution in [0.1, 0.15) is 25.0 Å². The lowest BCUT2D eigenvalue weighted by atomic mass is 10.1. The monoisotopic (exact) mass is 231 g/mol. The highest BCUT2D eigenvalue weighted by Gasteiger charge is 2.16. The van der Waals surface area contributed by atoms with E-state index in [2.05, 4.69) is 14.9 Å². The Balaban J connectivity index is 2.05. The molecule has 90 valence electrons. The van der Waals surface area contributed by atoms with Gasteiger partial charge in [0, 0.05) is 38.2 Å². The molecule has 2 aromatic rings. The maximum Gasteiger partial charge on any atom is 0.180 e. The van der Waals surface area contributed by atoms with Gasteiger partial charge in [-0.2, -0.15) is 0 Å². The van der Waals surface area contributed by atoms with E-state index in [9.17, 15) is 0 Å². The molecule has 5 heteroatoms. The summed E-state index contributed by atoms with van der Waals surface area (Å²) in [5.74, 6) is 0.992. The van der Waals surface area contributed by atoms with Crippen LogP contribution in [0.25, 0.3) is 5.65 Å². The summed E-state index contributed by atoms with van der Waals surface area (Å²) in [7, 11) is 0. The van der Waals surface area contributed by atoms with Crippen molar-refractivity contribution >= 4 is 11.5 Å². The molecule has 1 aliphatic rings. The van der Waals surface area contributed by atoms with Gasteiger partial charge in [0.1, 0.15) is 0 Å². The zero-order valence-electron chi connectivity index (χ0n) is 9.84. The third-order valence-corrected chi connectivity index (χ3v) is 3.27. The second kappa shape index (κ2) is 4.33. The molecule has 0 spiro atoms. The zero-order valence-corrected chi connectivity index (χ0v) is 9.84. The summed E-state index contributed by atoms with van der Waals surface area (Å²) in [5, 5.41) is 0. The minimum Gasteiger partial charge on any atom is -0.354 e. The average Bonchev–Trinajstić information content (AvgIpc) is 2.82. The standard InChI is InChI=1S/C12H17N5/c13-8-10-9-17-7-4-14-11(12(17)15-10)16-5-2-1-3-6-16/h4,7,9H,1-3,5-6,8,13H2. The van der Waals surface area contributed by atoms with Gasteiger partial charge in [-0.15, -0.1) is 0 Å². The maximum atomic E-state index is 5.63. The van der Waals surface area contributed by atoms with Crippen LogP contribution in [0.15, 0.2) is 18.6 Å². The second-order valence-corrected chi connectivity index (χ2v) is 4.47.